The van der Waals surface area contributed by atoms with Crippen LogP contribution in [0, 0.1) is 0 Å². The zero-order valence-corrected chi connectivity index (χ0v) is 12.6. The Bertz CT molecular complexity index is 414. The van der Waals surface area contributed by atoms with E-state index >= 15 is 0 Å². The number of halogens is 2. The number of hydrogen-bond acceptors (Lipinski definition) is 4. The van der Waals surface area contributed by atoms with Crippen molar-refractivity contribution in [3.63, 3.8) is 0 Å². The van der Waals surface area contributed by atoms with E-state index in [2.05, 4.69) is 43.2 Å². The number of aliphatic hydroxyl groups is 1. The van der Waals surface area contributed by atoms with Gasteiger partial charge in [0.1, 0.15) is 25.1 Å². The molecule has 0 aliphatic rings. The number of aliphatic hydroxyl groups excluding tert-OH is 1. The molecule has 0 amide bonds. The number of rotatable bonds is 6. The Morgan fingerprint density at radius 2 is 1.94 bits per heavy atom. The number of carbonyl (C=O) groups excluding carboxylic acids is 1. The van der Waals surface area contributed by atoms with Gasteiger partial charge < -0.3 is 14.6 Å². The number of carbonyl (C=O) groups is 1. The number of hydrogen-bond donors (Lipinski definition) is 1. The lowest BCUT2D eigenvalue weighted by molar-refractivity contribution is -0.141. The normalized spacial score (nSPS) is 11.7. The highest BCUT2D eigenvalue weighted by Crippen LogP contribution is 2.24. The van der Waals surface area contributed by atoms with Crippen LogP contribution in [0.15, 0.2) is 39.8 Å². The van der Waals surface area contributed by atoms with Crippen LogP contribution in [0.1, 0.15) is 0 Å². The molecule has 1 N–H and O–H groups in total. The van der Waals surface area contributed by atoms with E-state index in [9.17, 15) is 9.90 Å². The smallest absolute Gasteiger partial charge is 0.330 e. The SMILES string of the molecule is C=CC(=O)OCC(O)COc1cc(Br)cc(Br)c1. The van der Waals surface area contributed by atoms with E-state index in [0.29, 0.717) is 5.75 Å². The third-order valence-electron chi connectivity index (χ3n) is 1.86. The maximum atomic E-state index is 10.8. The second-order valence-electron chi connectivity index (χ2n) is 3.40. The highest BCUT2D eigenvalue weighted by molar-refractivity contribution is 9.11. The highest BCUT2D eigenvalue weighted by Gasteiger charge is 2.08. The van der Waals surface area contributed by atoms with Gasteiger partial charge in [-0.2, -0.15) is 0 Å². The maximum absolute atomic E-state index is 10.8. The molecular weight excluding hydrogens is 368 g/mol. The van der Waals surface area contributed by atoms with Gasteiger partial charge in [-0.15, -0.1) is 0 Å². The summed E-state index contributed by atoms with van der Waals surface area (Å²) in [7, 11) is 0. The summed E-state index contributed by atoms with van der Waals surface area (Å²) in [6.45, 7) is 3.16. The molecule has 0 aliphatic heterocycles. The van der Waals surface area contributed by atoms with Crippen LogP contribution in [-0.2, 0) is 9.53 Å². The summed E-state index contributed by atoms with van der Waals surface area (Å²) >= 11 is 6.65. The van der Waals surface area contributed by atoms with Crippen LogP contribution < -0.4 is 4.74 Å². The lowest BCUT2D eigenvalue weighted by atomic mass is 10.3. The van der Waals surface area contributed by atoms with Crippen molar-refractivity contribution < 1.29 is 19.4 Å². The molecule has 0 heterocycles. The summed E-state index contributed by atoms with van der Waals surface area (Å²) in [5.41, 5.74) is 0. The quantitative estimate of drug-likeness (QED) is 0.609. The lowest BCUT2D eigenvalue weighted by Gasteiger charge is -2.12. The Kier molecular flexibility index (Phi) is 6.38. The molecule has 1 atom stereocenters. The van der Waals surface area contributed by atoms with Gasteiger partial charge in [-0.25, -0.2) is 4.79 Å². The van der Waals surface area contributed by atoms with Crippen LogP contribution in [0.25, 0.3) is 0 Å². The van der Waals surface area contributed by atoms with Gasteiger partial charge in [0, 0.05) is 15.0 Å². The molecule has 1 aromatic carbocycles. The molecule has 0 radical (unpaired) electrons. The molecule has 1 unspecified atom stereocenters. The number of esters is 1. The Balaban J connectivity index is 2.39. The number of benzene rings is 1. The molecule has 0 bridgehead atoms. The molecule has 0 spiro atoms. The first kappa shape index (κ1) is 15.2. The molecule has 0 aromatic heterocycles. The largest absolute Gasteiger partial charge is 0.491 e. The zero-order valence-electron chi connectivity index (χ0n) is 9.44. The monoisotopic (exact) mass is 378 g/mol. The fourth-order valence-electron chi connectivity index (χ4n) is 1.09. The van der Waals surface area contributed by atoms with E-state index in [4.69, 9.17) is 4.74 Å². The predicted octanol–water partition coefficient (Wildman–Crippen LogP) is 2.68. The second-order valence-corrected chi connectivity index (χ2v) is 5.24. The maximum Gasteiger partial charge on any atom is 0.330 e. The van der Waals surface area contributed by atoms with Gasteiger partial charge in [-0.05, 0) is 18.2 Å². The van der Waals surface area contributed by atoms with Crippen LogP contribution in [0.4, 0.5) is 0 Å². The average molecular weight is 380 g/mol. The van der Waals surface area contributed by atoms with E-state index in [-0.39, 0.29) is 13.2 Å². The zero-order chi connectivity index (χ0) is 13.5. The van der Waals surface area contributed by atoms with Gasteiger partial charge in [0.15, 0.2) is 0 Å². The molecular formula is C12H12Br2O4. The van der Waals surface area contributed by atoms with Crippen molar-refractivity contribution in [2.24, 2.45) is 0 Å². The van der Waals surface area contributed by atoms with Crippen molar-refractivity contribution in [2.45, 2.75) is 6.10 Å². The molecule has 4 nitrogen and oxygen atoms in total. The van der Waals surface area contributed by atoms with Crippen molar-refractivity contribution in [1.82, 2.24) is 0 Å². The van der Waals surface area contributed by atoms with E-state index in [0.717, 1.165) is 15.0 Å². The predicted molar refractivity (Wildman–Crippen MR) is 74.5 cm³/mol. The summed E-state index contributed by atoms with van der Waals surface area (Å²) in [5.74, 6) is 0.0320. The molecule has 0 saturated carbocycles. The van der Waals surface area contributed by atoms with Crippen LogP contribution in [-0.4, -0.2) is 30.4 Å². The second kappa shape index (κ2) is 7.56. The number of ether oxygens (including phenoxy) is 2. The van der Waals surface area contributed by atoms with Gasteiger partial charge >= 0.3 is 5.97 Å². The van der Waals surface area contributed by atoms with E-state index in [1.165, 1.54) is 0 Å². The van der Waals surface area contributed by atoms with Crippen molar-refractivity contribution in [1.29, 1.82) is 0 Å². The molecule has 1 rings (SSSR count). The van der Waals surface area contributed by atoms with Gasteiger partial charge in [0.05, 0.1) is 0 Å². The fraction of sp³-hybridized carbons (Fsp3) is 0.250. The van der Waals surface area contributed by atoms with Crippen LogP contribution in [0.2, 0.25) is 0 Å². The van der Waals surface area contributed by atoms with Crippen molar-refractivity contribution in [3.05, 3.63) is 39.8 Å². The van der Waals surface area contributed by atoms with Crippen molar-refractivity contribution in [2.75, 3.05) is 13.2 Å². The van der Waals surface area contributed by atoms with Crippen molar-refractivity contribution >= 4 is 37.8 Å². The highest BCUT2D eigenvalue weighted by atomic mass is 79.9. The van der Waals surface area contributed by atoms with Crippen molar-refractivity contribution in [3.8, 4) is 5.75 Å². The molecule has 0 saturated heterocycles. The van der Waals surface area contributed by atoms with Gasteiger partial charge in [0.2, 0.25) is 0 Å². The van der Waals surface area contributed by atoms with Crippen LogP contribution >= 0.6 is 31.9 Å². The molecule has 98 valence electrons. The Morgan fingerprint density at radius 1 is 1.33 bits per heavy atom. The van der Waals surface area contributed by atoms with Gasteiger partial charge in [-0.1, -0.05) is 38.4 Å². The van der Waals surface area contributed by atoms with Gasteiger partial charge in [0.25, 0.3) is 0 Å². The Hall–Kier alpha value is -0.850. The minimum Gasteiger partial charge on any atom is -0.491 e. The first-order valence-electron chi connectivity index (χ1n) is 5.07. The topological polar surface area (TPSA) is 55.8 Å². The fourth-order valence-corrected chi connectivity index (χ4v) is 2.34. The summed E-state index contributed by atoms with van der Waals surface area (Å²) < 4.78 is 11.8. The molecule has 1 aromatic rings. The lowest BCUT2D eigenvalue weighted by Crippen LogP contribution is -2.24. The molecule has 0 aliphatic carbocycles. The molecule has 6 heteroatoms. The third kappa shape index (κ3) is 5.66. The molecule has 0 fully saturated rings. The van der Waals surface area contributed by atoms with Crippen LogP contribution in [0.5, 0.6) is 5.75 Å². The van der Waals surface area contributed by atoms with E-state index < -0.39 is 12.1 Å². The minimum atomic E-state index is -0.883. The first-order chi connectivity index (χ1) is 8.51. The van der Waals surface area contributed by atoms with E-state index in [1.807, 2.05) is 6.07 Å². The van der Waals surface area contributed by atoms with E-state index in [1.54, 1.807) is 12.1 Å². The standard InChI is InChI=1S/C12H12Br2O4/c1-2-12(16)18-7-10(15)6-17-11-4-8(13)3-9(14)5-11/h2-5,10,15H,1,6-7H2. The first-order valence-corrected chi connectivity index (χ1v) is 6.66. The third-order valence-corrected chi connectivity index (χ3v) is 2.78. The van der Waals surface area contributed by atoms with Gasteiger partial charge in [-0.3, -0.25) is 0 Å². The summed E-state index contributed by atoms with van der Waals surface area (Å²) in [6.07, 6.45) is 0.158. The van der Waals surface area contributed by atoms with Crippen LogP contribution in [0.3, 0.4) is 0 Å². The molecule has 18 heavy (non-hydrogen) atoms. The average Bonchev–Trinajstić information content (AvgIpc) is 2.32. The minimum absolute atomic E-state index is 0.0350. The summed E-state index contributed by atoms with van der Waals surface area (Å²) in [4.78, 5) is 10.8. The summed E-state index contributed by atoms with van der Waals surface area (Å²) in [6, 6.07) is 5.41. The Labute approximate surface area is 122 Å². The Morgan fingerprint density at radius 3 is 2.50 bits per heavy atom. The summed E-state index contributed by atoms with van der Waals surface area (Å²) in [5, 5.41) is 9.53.